The molecule has 1 aromatic rings. The molecule has 18 heavy (non-hydrogen) atoms. The van der Waals surface area contributed by atoms with Crippen LogP contribution in [0.3, 0.4) is 0 Å². The molecule has 1 aromatic carbocycles. The van der Waals surface area contributed by atoms with Crippen molar-refractivity contribution in [3.05, 3.63) is 35.9 Å². The minimum absolute atomic E-state index is 0.0778. The standard InChI is InChI=1S/C15H23NO2/c1-11(2)13(14(17)18)16-10-15(3,4)12-8-6-5-7-9-12/h5-9,11,13,16H,10H2,1-4H3,(H,17,18). The molecule has 0 aliphatic carbocycles. The molecule has 0 bridgehead atoms. The lowest BCUT2D eigenvalue weighted by molar-refractivity contribution is -0.140. The second-order valence-corrected chi connectivity index (χ2v) is 5.69. The van der Waals surface area contributed by atoms with Crippen LogP contribution >= 0.6 is 0 Å². The van der Waals surface area contributed by atoms with Gasteiger partial charge in [-0.3, -0.25) is 4.79 Å². The van der Waals surface area contributed by atoms with Crippen molar-refractivity contribution in [1.29, 1.82) is 0 Å². The predicted octanol–water partition coefficient (Wildman–Crippen LogP) is 2.66. The Balaban J connectivity index is 2.69. The van der Waals surface area contributed by atoms with Crippen molar-refractivity contribution in [2.45, 2.75) is 39.2 Å². The Morgan fingerprint density at radius 3 is 2.28 bits per heavy atom. The van der Waals surface area contributed by atoms with E-state index in [9.17, 15) is 4.79 Å². The second kappa shape index (κ2) is 6.01. The normalized spacial score (nSPS) is 13.6. The number of hydrogen-bond donors (Lipinski definition) is 2. The summed E-state index contributed by atoms with van der Waals surface area (Å²) in [5.41, 5.74) is 1.13. The number of carboxylic acids is 1. The summed E-state index contributed by atoms with van der Waals surface area (Å²) in [6.07, 6.45) is 0. The molecule has 3 nitrogen and oxygen atoms in total. The molecule has 0 saturated heterocycles. The minimum atomic E-state index is -0.783. The second-order valence-electron chi connectivity index (χ2n) is 5.69. The fraction of sp³-hybridized carbons (Fsp3) is 0.533. The molecular formula is C15H23NO2. The van der Waals surface area contributed by atoms with Gasteiger partial charge in [-0.05, 0) is 11.5 Å². The molecule has 1 atom stereocenters. The largest absolute Gasteiger partial charge is 0.480 e. The van der Waals surface area contributed by atoms with Gasteiger partial charge in [-0.25, -0.2) is 0 Å². The topological polar surface area (TPSA) is 49.3 Å². The average Bonchev–Trinajstić information content (AvgIpc) is 2.29. The Morgan fingerprint density at radius 1 is 1.28 bits per heavy atom. The van der Waals surface area contributed by atoms with Crippen LogP contribution < -0.4 is 5.32 Å². The van der Waals surface area contributed by atoms with Crippen LogP contribution in [0.4, 0.5) is 0 Å². The third-order valence-electron chi connectivity index (χ3n) is 3.25. The van der Waals surface area contributed by atoms with E-state index in [0.717, 1.165) is 0 Å². The molecule has 0 amide bonds. The third kappa shape index (κ3) is 3.84. The van der Waals surface area contributed by atoms with Crippen LogP contribution in [0.15, 0.2) is 30.3 Å². The lowest BCUT2D eigenvalue weighted by Crippen LogP contribution is -2.46. The van der Waals surface area contributed by atoms with Gasteiger partial charge in [0.05, 0.1) is 0 Å². The Hall–Kier alpha value is -1.35. The Bertz CT molecular complexity index is 385. The maximum Gasteiger partial charge on any atom is 0.320 e. The van der Waals surface area contributed by atoms with Crippen molar-refractivity contribution in [3.8, 4) is 0 Å². The highest BCUT2D eigenvalue weighted by Gasteiger charge is 2.26. The van der Waals surface area contributed by atoms with Gasteiger partial charge in [0.1, 0.15) is 6.04 Å². The van der Waals surface area contributed by atoms with Gasteiger partial charge in [0, 0.05) is 12.0 Å². The fourth-order valence-corrected chi connectivity index (χ4v) is 1.96. The number of carbonyl (C=O) groups is 1. The smallest absolute Gasteiger partial charge is 0.320 e. The minimum Gasteiger partial charge on any atom is -0.480 e. The van der Waals surface area contributed by atoms with E-state index in [1.54, 1.807) is 0 Å². The summed E-state index contributed by atoms with van der Waals surface area (Å²) in [5.74, 6) is -0.706. The SMILES string of the molecule is CC(C)C(NCC(C)(C)c1ccccc1)C(=O)O. The molecule has 1 rings (SSSR count). The maximum absolute atomic E-state index is 11.1. The van der Waals surface area contributed by atoms with Crippen molar-refractivity contribution in [2.75, 3.05) is 6.54 Å². The monoisotopic (exact) mass is 249 g/mol. The Labute approximate surface area is 109 Å². The molecule has 0 radical (unpaired) electrons. The highest BCUT2D eigenvalue weighted by molar-refractivity contribution is 5.73. The zero-order chi connectivity index (χ0) is 13.8. The zero-order valence-corrected chi connectivity index (χ0v) is 11.6. The molecular weight excluding hydrogens is 226 g/mol. The lowest BCUT2D eigenvalue weighted by Gasteiger charge is -2.29. The van der Waals surface area contributed by atoms with Crippen LogP contribution in [0.2, 0.25) is 0 Å². The van der Waals surface area contributed by atoms with Crippen molar-refractivity contribution < 1.29 is 9.90 Å². The number of benzene rings is 1. The number of aliphatic carboxylic acids is 1. The van der Waals surface area contributed by atoms with E-state index in [1.165, 1.54) is 5.56 Å². The van der Waals surface area contributed by atoms with Crippen LogP contribution in [0.1, 0.15) is 33.3 Å². The lowest BCUT2D eigenvalue weighted by atomic mass is 9.84. The molecule has 0 aliphatic heterocycles. The molecule has 0 aromatic heterocycles. The van der Waals surface area contributed by atoms with Crippen molar-refractivity contribution in [3.63, 3.8) is 0 Å². The summed E-state index contributed by atoms with van der Waals surface area (Å²) in [7, 11) is 0. The molecule has 0 fully saturated rings. The number of carboxylic acid groups (broad SMARTS) is 1. The van der Waals surface area contributed by atoms with Crippen LogP contribution in [-0.2, 0) is 10.2 Å². The van der Waals surface area contributed by atoms with E-state index in [1.807, 2.05) is 32.0 Å². The number of nitrogens with one attached hydrogen (secondary N) is 1. The van der Waals surface area contributed by atoms with Gasteiger partial charge in [-0.1, -0.05) is 58.0 Å². The van der Waals surface area contributed by atoms with Gasteiger partial charge in [0.2, 0.25) is 0 Å². The van der Waals surface area contributed by atoms with E-state index in [-0.39, 0.29) is 11.3 Å². The first kappa shape index (κ1) is 14.7. The molecule has 1 unspecified atom stereocenters. The first-order valence-corrected chi connectivity index (χ1v) is 6.36. The first-order valence-electron chi connectivity index (χ1n) is 6.36. The Kier molecular flexibility index (Phi) is 4.91. The highest BCUT2D eigenvalue weighted by Crippen LogP contribution is 2.22. The Morgan fingerprint density at radius 2 is 1.83 bits per heavy atom. The number of hydrogen-bond acceptors (Lipinski definition) is 2. The molecule has 0 aliphatic rings. The van der Waals surface area contributed by atoms with Gasteiger partial charge in [0.15, 0.2) is 0 Å². The van der Waals surface area contributed by atoms with Gasteiger partial charge in [0.25, 0.3) is 0 Å². The summed E-state index contributed by atoms with van der Waals surface area (Å²) in [4.78, 5) is 11.1. The van der Waals surface area contributed by atoms with Crippen molar-refractivity contribution in [1.82, 2.24) is 5.32 Å². The summed E-state index contributed by atoms with van der Waals surface area (Å²) in [6, 6.07) is 9.66. The van der Waals surface area contributed by atoms with E-state index in [0.29, 0.717) is 6.54 Å². The van der Waals surface area contributed by atoms with Crippen LogP contribution in [0.25, 0.3) is 0 Å². The van der Waals surface area contributed by atoms with E-state index >= 15 is 0 Å². The molecule has 100 valence electrons. The average molecular weight is 249 g/mol. The summed E-state index contributed by atoms with van der Waals surface area (Å²) < 4.78 is 0. The van der Waals surface area contributed by atoms with Gasteiger partial charge < -0.3 is 10.4 Å². The maximum atomic E-state index is 11.1. The predicted molar refractivity (Wildman–Crippen MR) is 73.7 cm³/mol. The molecule has 0 saturated carbocycles. The van der Waals surface area contributed by atoms with Gasteiger partial charge in [-0.2, -0.15) is 0 Å². The molecule has 0 heterocycles. The van der Waals surface area contributed by atoms with E-state index in [4.69, 9.17) is 5.11 Å². The summed E-state index contributed by atoms with van der Waals surface area (Å²) >= 11 is 0. The quantitative estimate of drug-likeness (QED) is 0.815. The van der Waals surface area contributed by atoms with Crippen LogP contribution in [-0.4, -0.2) is 23.7 Å². The fourth-order valence-electron chi connectivity index (χ4n) is 1.96. The molecule has 3 heteroatoms. The van der Waals surface area contributed by atoms with Crippen LogP contribution in [0, 0.1) is 5.92 Å². The van der Waals surface area contributed by atoms with E-state index < -0.39 is 12.0 Å². The van der Waals surface area contributed by atoms with Gasteiger partial charge >= 0.3 is 5.97 Å². The van der Waals surface area contributed by atoms with Crippen molar-refractivity contribution in [2.24, 2.45) is 5.92 Å². The summed E-state index contributed by atoms with van der Waals surface area (Å²) in [5, 5.41) is 12.3. The van der Waals surface area contributed by atoms with Crippen LogP contribution in [0.5, 0.6) is 0 Å². The third-order valence-corrected chi connectivity index (χ3v) is 3.25. The highest BCUT2D eigenvalue weighted by atomic mass is 16.4. The molecule has 2 N–H and O–H groups in total. The number of rotatable bonds is 6. The molecule has 0 spiro atoms. The van der Waals surface area contributed by atoms with Gasteiger partial charge in [-0.15, -0.1) is 0 Å². The zero-order valence-electron chi connectivity index (χ0n) is 11.6. The first-order chi connectivity index (χ1) is 8.34. The summed E-state index contributed by atoms with van der Waals surface area (Å²) in [6.45, 7) is 8.72. The van der Waals surface area contributed by atoms with E-state index in [2.05, 4.69) is 31.3 Å². The van der Waals surface area contributed by atoms with Crippen molar-refractivity contribution >= 4 is 5.97 Å².